The standard InChI is InChI=1S/C9H16N2O3/c10-2-1-3-11-6-4-5(9(11)14)7(12)8(6)13/h5-8,12-13H,1-4,10H2/t5-,6+,7+,8-/m0/s1. The zero-order valence-electron chi connectivity index (χ0n) is 7.97. The Morgan fingerprint density at radius 1 is 1.43 bits per heavy atom. The Morgan fingerprint density at radius 2 is 2.14 bits per heavy atom. The number of hydrogen-bond donors (Lipinski definition) is 3. The van der Waals surface area contributed by atoms with Gasteiger partial charge >= 0.3 is 0 Å². The molecule has 0 aromatic heterocycles. The number of aliphatic hydroxyl groups excluding tert-OH is 2. The Labute approximate surface area is 82.5 Å². The first-order valence-corrected chi connectivity index (χ1v) is 5.03. The SMILES string of the molecule is NCCCN1C(=O)[C@H]2C[C@@H]1[C@H](O)[C@@H]2O. The molecule has 14 heavy (non-hydrogen) atoms. The minimum atomic E-state index is -0.860. The summed E-state index contributed by atoms with van der Waals surface area (Å²) in [6.07, 6.45) is -0.291. The molecular formula is C9H16N2O3. The fourth-order valence-corrected chi connectivity index (χ4v) is 2.48. The van der Waals surface area contributed by atoms with E-state index < -0.39 is 12.2 Å². The first kappa shape index (κ1) is 9.89. The number of fused-ring (bicyclic) bond motifs is 2. The molecule has 1 saturated heterocycles. The molecule has 0 aromatic rings. The molecule has 2 bridgehead atoms. The van der Waals surface area contributed by atoms with Gasteiger partial charge in [-0.15, -0.1) is 0 Å². The Kier molecular flexibility index (Phi) is 2.47. The molecule has 80 valence electrons. The van der Waals surface area contributed by atoms with Crippen LogP contribution in [0.2, 0.25) is 0 Å². The van der Waals surface area contributed by atoms with E-state index in [0.29, 0.717) is 19.5 Å². The second-order valence-electron chi connectivity index (χ2n) is 4.06. The molecule has 1 amide bonds. The number of hydrogen-bond acceptors (Lipinski definition) is 4. The molecule has 2 aliphatic rings. The van der Waals surface area contributed by atoms with E-state index in [1.54, 1.807) is 4.90 Å². The molecule has 4 atom stereocenters. The molecule has 1 saturated carbocycles. The molecule has 0 radical (unpaired) electrons. The lowest BCUT2D eigenvalue weighted by molar-refractivity contribution is -0.146. The van der Waals surface area contributed by atoms with Gasteiger partial charge in [-0.1, -0.05) is 0 Å². The number of nitrogens with zero attached hydrogens (tertiary/aromatic N) is 1. The van der Waals surface area contributed by atoms with Gasteiger partial charge in [0.1, 0.15) is 6.10 Å². The lowest BCUT2D eigenvalue weighted by Gasteiger charge is -2.33. The predicted molar refractivity (Wildman–Crippen MR) is 49.3 cm³/mol. The van der Waals surface area contributed by atoms with E-state index in [1.807, 2.05) is 0 Å². The van der Waals surface area contributed by atoms with Crippen LogP contribution in [0.4, 0.5) is 0 Å². The Hall–Kier alpha value is -0.650. The van der Waals surface area contributed by atoms with E-state index in [2.05, 4.69) is 0 Å². The van der Waals surface area contributed by atoms with Crippen molar-refractivity contribution in [2.45, 2.75) is 31.1 Å². The van der Waals surface area contributed by atoms with Crippen LogP contribution >= 0.6 is 0 Å². The van der Waals surface area contributed by atoms with Crippen molar-refractivity contribution in [3.8, 4) is 0 Å². The molecule has 5 nitrogen and oxygen atoms in total. The lowest BCUT2D eigenvalue weighted by atomic mass is 10.0. The molecule has 1 aliphatic heterocycles. The first-order chi connectivity index (χ1) is 6.66. The Balaban J connectivity index is 2.05. The predicted octanol–water partition coefficient (Wildman–Crippen LogP) is -1.71. The number of carbonyl (C=O) groups excluding carboxylic acids is 1. The summed E-state index contributed by atoms with van der Waals surface area (Å²) in [7, 11) is 0. The molecule has 0 unspecified atom stereocenters. The number of likely N-dealkylation sites (tertiary alicyclic amines) is 1. The zero-order chi connectivity index (χ0) is 10.3. The maximum absolute atomic E-state index is 11.6. The van der Waals surface area contributed by atoms with Crippen molar-refractivity contribution in [2.24, 2.45) is 11.7 Å². The van der Waals surface area contributed by atoms with Gasteiger partial charge in [0, 0.05) is 6.54 Å². The van der Waals surface area contributed by atoms with Gasteiger partial charge in [0.25, 0.3) is 0 Å². The molecule has 4 N–H and O–H groups in total. The summed E-state index contributed by atoms with van der Waals surface area (Å²) in [5.74, 6) is -0.408. The van der Waals surface area contributed by atoms with E-state index in [0.717, 1.165) is 6.42 Å². The minimum absolute atomic E-state index is 0.0266. The quantitative estimate of drug-likeness (QED) is 0.506. The van der Waals surface area contributed by atoms with Crippen LogP contribution in [0.15, 0.2) is 0 Å². The van der Waals surface area contributed by atoms with Crippen LogP contribution in [0.1, 0.15) is 12.8 Å². The number of carbonyl (C=O) groups is 1. The van der Waals surface area contributed by atoms with Gasteiger partial charge in [-0.3, -0.25) is 4.79 Å². The number of nitrogens with two attached hydrogens (primary N) is 1. The van der Waals surface area contributed by atoms with Crippen molar-refractivity contribution >= 4 is 5.91 Å². The fourth-order valence-electron chi connectivity index (χ4n) is 2.48. The number of amides is 1. The monoisotopic (exact) mass is 200 g/mol. The summed E-state index contributed by atoms with van der Waals surface area (Å²) in [6, 6.07) is -0.186. The third-order valence-corrected chi connectivity index (χ3v) is 3.26. The first-order valence-electron chi connectivity index (χ1n) is 5.03. The van der Waals surface area contributed by atoms with Crippen molar-refractivity contribution in [3.05, 3.63) is 0 Å². The van der Waals surface area contributed by atoms with Gasteiger partial charge in [0.05, 0.1) is 18.1 Å². The topological polar surface area (TPSA) is 86.8 Å². The molecular weight excluding hydrogens is 184 g/mol. The number of piperidine rings is 1. The van der Waals surface area contributed by atoms with Crippen molar-refractivity contribution in [1.29, 1.82) is 0 Å². The summed E-state index contributed by atoms with van der Waals surface area (Å²) in [5.41, 5.74) is 5.36. The van der Waals surface area contributed by atoms with Crippen LogP contribution in [0.5, 0.6) is 0 Å². The van der Waals surface area contributed by atoms with E-state index >= 15 is 0 Å². The van der Waals surface area contributed by atoms with Crippen molar-refractivity contribution in [3.63, 3.8) is 0 Å². The molecule has 2 rings (SSSR count). The summed E-state index contributed by atoms with van der Waals surface area (Å²) < 4.78 is 0. The maximum atomic E-state index is 11.6. The molecule has 0 spiro atoms. The second-order valence-corrected chi connectivity index (χ2v) is 4.06. The summed E-state index contributed by atoms with van der Waals surface area (Å²) in [5, 5.41) is 19.1. The highest BCUT2D eigenvalue weighted by molar-refractivity contribution is 5.83. The largest absolute Gasteiger partial charge is 0.390 e. The van der Waals surface area contributed by atoms with Gasteiger partial charge in [0.2, 0.25) is 5.91 Å². The van der Waals surface area contributed by atoms with Crippen LogP contribution < -0.4 is 5.73 Å². The van der Waals surface area contributed by atoms with Gasteiger partial charge in [0.15, 0.2) is 0 Å². The highest BCUT2D eigenvalue weighted by atomic mass is 16.3. The smallest absolute Gasteiger partial charge is 0.228 e. The van der Waals surface area contributed by atoms with Crippen LogP contribution in [-0.2, 0) is 4.79 Å². The molecule has 0 aromatic carbocycles. The van der Waals surface area contributed by atoms with Crippen LogP contribution in [0, 0.1) is 5.92 Å². The third-order valence-electron chi connectivity index (χ3n) is 3.26. The maximum Gasteiger partial charge on any atom is 0.228 e. The van der Waals surface area contributed by atoms with E-state index in [9.17, 15) is 15.0 Å². The van der Waals surface area contributed by atoms with E-state index in [-0.39, 0.29) is 17.9 Å². The molecule has 1 heterocycles. The van der Waals surface area contributed by atoms with Crippen LogP contribution in [0.25, 0.3) is 0 Å². The number of rotatable bonds is 3. The summed E-state index contributed by atoms with van der Waals surface area (Å²) in [4.78, 5) is 13.3. The fraction of sp³-hybridized carbons (Fsp3) is 0.889. The molecule has 5 heteroatoms. The normalized spacial score (nSPS) is 41.1. The second kappa shape index (κ2) is 3.49. The van der Waals surface area contributed by atoms with Crippen LogP contribution in [-0.4, -0.2) is 52.4 Å². The summed E-state index contributed by atoms with van der Waals surface area (Å²) >= 11 is 0. The van der Waals surface area contributed by atoms with Crippen molar-refractivity contribution < 1.29 is 15.0 Å². The van der Waals surface area contributed by atoms with Gasteiger partial charge < -0.3 is 20.8 Å². The highest BCUT2D eigenvalue weighted by Crippen LogP contribution is 2.38. The van der Waals surface area contributed by atoms with E-state index in [4.69, 9.17) is 5.73 Å². The van der Waals surface area contributed by atoms with Crippen molar-refractivity contribution in [1.82, 2.24) is 4.90 Å². The lowest BCUT2D eigenvalue weighted by Crippen LogP contribution is -2.51. The van der Waals surface area contributed by atoms with Gasteiger partial charge in [-0.05, 0) is 19.4 Å². The average molecular weight is 200 g/mol. The Morgan fingerprint density at radius 3 is 2.71 bits per heavy atom. The highest BCUT2D eigenvalue weighted by Gasteiger charge is 2.55. The van der Waals surface area contributed by atoms with Gasteiger partial charge in [-0.2, -0.15) is 0 Å². The minimum Gasteiger partial charge on any atom is -0.390 e. The average Bonchev–Trinajstić information content (AvgIpc) is 2.63. The molecule has 2 fully saturated rings. The summed E-state index contributed by atoms with van der Waals surface area (Å²) in [6.45, 7) is 1.14. The number of aliphatic hydroxyl groups is 2. The van der Waals surface area contributed by atoms with Crippen molar-refractivity contribution in [2.75, 3.05) is 13.1 Å². The third kappa shape index (κ3) is 1.24. The zero-order valence-corrected chi connectivity index (χ0v) is 7.97. The Bertz CT molecular complexity index is 246. The van der Waals surface area contributed by atoms with Gasteiger partial charge in [-0.25, -0.2) is 0 Å². The van der Waals surface area contributed by atoms with E-state index in [1.165, 1.54) is 0 Å². The van der Waals surface area contributed by atoms with Crippen LogP contribution in [0.3, 0.4) is 0 Å². The molecule has 1 aliphatic carbocycles.